The van der Waals surface area contributed by atoms with E-state index in [-0.39, 0.29) is 35.7 Å². The van der Waals surface area contributed by atoms with Crippen molar-refractivity contribution in [2.24, 2.45) is 11.8 Å². The molecule has 0 radical (unpaired) electrons. The molecule has 4 atom stereocenters. The number of carbonyl (C=O) groups excluding carboxylic acids is 4. The lowest BCUT2D eigenvalue weighted by Gasteiger charge is -2.33. The van der Waals surface area contributed by atoms with E-state index in [9.17, 15) is 19.2 Å². The molecule has 0 spiro atoms. The lowest BCUT2D eigenvalue weighted by molar-refractivity contribution is -0.137. The Bertz CT molecular complexity index is 2390. The van der Waals surface area contributed by atoms with Crippen LogP contribution in [0.25, 0.3) is 55.4 Å². The topological polar surface area (TPSA) is 175 Å². The van der Waals surface area contributed by atoms with E-state index < -0.39 is 24.3 Å². The summed E-state index contributed by atoms with van der Waals surface area (Å²) >= 11 is 0. The van der Waals surface area contributed by atoms with Gasteiger partial charge in [0.1, 0.15) is 23.7 Å². The van der Waals surface area contributed by atoms with Crippen molar-refractivity contribution >= 4 is 46.1 Å². The van der Waals surface area contributed by atoms with Crippen LogP contribution >= 0.6 is 0 Å². The fourth-order valence-electron chi connectivity index (χ4n) is 8.38. The third kappa shape index (κ3) is 10.1. The molecule has 0 bridgehead atoms. The Morgan fingerprint density at radius 3 is 1.12 bits per heavy atom. The average Bonchev–Trinajstić information content (AvgIpc) is 3.93. The van der Waals surface area contributed by atoms with Gasteiger partial charge in [-0.3, -0.25) is 9.59 Å². The number of amides is 4. The highest BCUT2D eigenvalue weighted by molar-refractivity contribution is 5.88. The molecule has 0 fully saturated rings. The smallest absolute Gasteiger partial charge is 0.407 e. The van der Waals surface area contributed by atoms with Gasteiger partial charge < -0.3 is 39.9 Å². The van der Waals surface area contributed by atoms with Crippen LogP contribution in [0, 0.1) is 11.8 Å². The number of fused-ring (bicyclic) bond motifs is 2. The van der Waals surface area contributed by atoms with Gasteiger partial charge in [-0.1, -0.05) is 102 Å². The molecule has 14 heteroatoms. The first-order valence-corrected chi connectivity index (χ1v) is 22.3. The Balaban J connectivity index is 1.16. The lowest BCUT2D eigenvalue weighted by atomic mass is 9.98. The van der Waals surface area contributed by atoms with Gasteiger partial charge in [0.2, 0.25) is 11.8 Å². The van der Waals surface area contributed by atoms with E-state index in [4.69, 9.17) is 19.4 Å². The van der Waals surface area contributed by atoms with Crippen LogP contribution in [0.5, 0.6) is 0 Å². The largest absolute Gasteiger partial charge is 0.453 e. The lowest BCUT2D eigenvalue weighted by Crippen LogP contribution is -2.52. The number of likely N-dealkylation sites (N-methyl/N-ethyl adjacent to an activating group) is 2. The molecule has 4 amide bonds. The van der Waals surface area contributed by atoms with E-state index in [2.05, 4.69) is 93.4 Å². The van der Waals surface area contributed by atoms with Gasteiger partial charge in [0.25, 0.3) is 0 Å². The standard InChI is InChI=1S/C50H62N8O6/c1-11-41(57(13-3)47(59)43(29(5)6)55-49(61)63-9)45-51-37-25-23-35(27-39(37)53-45)33-19-15-31(16-20-33)32-17-21-34(22-18-32)36-24-26-38-40(28-36)54-46(52-38)42(12-2)58(14-4)48(60)44(30(7)8)56-50(62)64-10/h15-30,41-44H,11-14H2,1-10H3,(H,51,53)(H,52,54)(H,55,61)(H,56,62)/t41-,42-,43-,44-/m0/s1. The van der Waals surface area contributed by atoms with Gasteiger partial charge in [-0.25, -0.2) is 19.6 Å². The molecule has 338 valence electrons. The summed E-state index contributed by atoms with van der Waals surface area (Å²) in [5, 5.41) is 5.42. The van der Waals surface area contributed by atoms with Crippen molar-refractivity contribution in [2.45, 2.75) is 92.4 Å². The predicted octanol–water partition coefficient (Wildman–Crippen LogP) is 9.80. The third-order valence-corrected chi connectivity index (χ3v) is 12.0. The first-order chi connectivity index (χ1) is 30.7. The molecule has 6 aromatic rings. The molecule has 0 aliphatic rings. The Morgan fingerprint density at radius 1 is 0.531 bits per heavy atom. The van der Waals surface area contributed by atoms with Crippen LogP contribution < -0.4 is 10.6 Å². The van der Waals surface area contributed by atoms with Crippen molar-refractivity contribution in [1.82, 2.24) is 40.4 Å². The summed E-state index contributed by atoms with van der Waals surface area (Å²) in [6.07, 6.45) is 0.00245. The third-order valence-electron chi connectivity index (χ3n) is 12.0. The summed E-state index contributed by atoms with van der Waals surface area (Å²) in [7, 11) is 2.58. The highest BCUT2D eigenvalue weighted by Gasteiger charge is 2.35. The van der Waals surface area contributed by atoms with E-state index in [0.29, 0.717) is 37.6 Å². The SMILES string of the molecule is CC[C@@H](c1nc2ccc(-c3ccc(-c4ccc(-c5ccc6nc([C@H](CC)N(CC)C(=O)[C@@H](NC(=O)OC)C(C)C)[nH]c6c5)cc4)cc3)cc2[nH]1)N(CC)C(=O)[C@@H](NC(=O)OC)C(C)C. The van der Waals surface area contributed by atoms with Crippen LogP contribution in [-0.2, 0) is 19.1 Å². The van der Waals surface area contributed by atoms with E-state index in [0.717, 1.165) is 55.4 Å². The minimum absolute atomic E-state index is 0.135. The number of alkyl carbamates (subject to hydrolysis) is 2. The normalized spacial score (nSPS) is 13.4. The fourth-order valence-corrected chi connectivity index (χ4v) is 8.38. The van der Waals surface area contributed by atoms with E-state index in [1.807, 2.05) is 67.5 Å². The van der Waals surface area contributed by atoms with E-state index in [1.54, 1.807) is 9.80 Å². The molecule has 0 unspecified atom stereocenters. The number of ether oxygens (including phenoxy) is 2. The number of nitrogens with one attached hydrogen (secondary N) is 4. The summed E-state index contributed by atoms with van der Waals surface area (Å²) in [4.78, 5) is 72.0. The number of carbonyl (C=O) groups is 4. The number of nitrogens with zero attached hydrogens (tertiary/aromatic N) is 4. The quantitative estimate of drug-likeness (QED) is 0.0701. The van der Waals surface area contributed by atoms with Crippen LogP contribution in [0.15, 0.2) is 84.9 Å². The monoisotopic (exact) mass is 870 g/mol. The molecule has 4 aromatic carbocycles. The summed E-state index contributed by atoms with van der Waals surface area (Å²) in [5.74, 6) is 0.766. The summed E-state index contributed by atoms with van der Waals surface area (Å²) in [6, 6.07) is 27.2. The van der Waals surface area contributed by atoms with Gasteiger partial charge in [-0.2, -0.15) is 0 Å². The molecule has 0 aliphatic carbocycles. The van der Waals surface area contributed by atoms with E-state index >= 15 is 0 Å². The Kier molecular flexibility index (Phi) is 15.1. The van der Waals surface area contributed by atoms with Crippen LogP contribution in [0.2, 0.25) is 0 Å². The zero-order valence-corrected chi connectivity index (χ0v) is 38.6. The number of hydrogen-bond acceptors (Lipinski definition) is 8. The number of aromatic amines is 2. The van der Waals surface area contributed by atoms with Gasteiger partial charge in [0.05, 0.1) is 48.4 Å². The summed E-state index contributed by atoms with van der Waals surface area (Å²) < 4.78 is 9.58. The second kappa shape index (κ2) is 20.7. The zero-order valence-electron chi connectivity index (χ0n) is 38.6. The molecule has 0 saturated heterocycles. The van der Waals surface area contributed by atoms with E-state index in [1.165, 1.54) is 14.2 Å². The van der Waals surface area contributed by atoms with Crippen molar-refractivity contribution in [2.75, 3.05) is 27.3 Å². The van der Waals surface area contributed by atoms with Gasteiger partial charge in [-0.05, 0) is 96.2 Å². The molecule has 64 heavy (non-hydrogen) atoms. The number of benzene rings is 4. The van der Waals surface area contributed by atoms with Crippen molar-refractivity contribution in [3.8, 4) is 33.4 Å². The first-order valence-electron chi connectivity index (χ1n) is 22.3. The fraction of sp³-hybridized carbons (Fsp3) is 0.400. The number of H-pyrrole nitrogens is 2. The zero-order chi connectivity index (χ0) is 46.2. The van der Waals surface area contributed by atoms with Crippen molar-refractivity contribution in [1.29, 1.82) is 0 Å². The molecule has 14 nitrogen and oxygen atoms in total. The van der Waals surface area contributed by atoms with Crippen LogP contribution in [0.3, 0.4) is 0 Å². The maximum atomic E-state index is 13.8. The minimum atomic E-state index is -0.729. The highest BCUT2D eigenvalue weighted by Crippen LogP contribution is 2.33. The maximum Gasteiger partial charge on any atom is 0.407 e. The number of rotatable bonds is 17. The summed E-state index contributed by atoms with van der Waals surface area (Å²) in [6.45, 7) is 16.4. The van der Waals surface area contributed by atoms with Gasteiger partial charge in [-0.15, -0.1) is 0 Å². The van der Waals surface area contributed by atoms with Crippen molar-refractivity contribution in [3.05, 3.63) is 96.6 Å². The molecule has 6 rings (SSSR count). The average molecular weight is 871 g/mol. The number of imidazole rings is 2. The van der Waals surface area contributed by atoms with Gasteiger partial charge in [0, 0.05) is 13.1 Å². The number of hydrogen-bond donors (Lipinski definition) is 4. The van der Waals surface area contributed by atoms with Crippen LogP contribution in [0.4, 0.5) is 9.59 Å². The molecular formula is C50H62N8O6. The minimum Gasteiger partial charge on any atom is -0.453 e. The van der Waals surface area contributed by atoms with Crippen LogP contribution in [-0.4, -0.2) is 93.1 Å². The Labute approximate surface area is 375 Å². The predicted molar refractivity (Wildman–Crippen MR) is 251 cm³/mol. The first kappa shape index (κ1) is 46.8. The molecule has 2 heterocycles. The molecular weight excluding hydrogens is 809 g/mol. The van der Waals surface area contributed by atoms with Crippen molar-refractivity contribution < 1.29 is 28.7 Å². The Morgan fingerprint density at radius 2 is 0.844 bits per heavy atom. The van der Waals surface area contributed by atoms with Crippen LogP contribution in [0.1, 0.15) is 92.0 Å². The highest BCUT2D eigenvalue weighted by atomic mass is 16.5. The van der Waals surface area contributed by atoms with Gasteiger partial charge >= 0.3 is 12.2 Å². The van der Waals surface area contributed by atoms with Crippen molar-refractivity contribution in [3.63, 3.8) is 0 Å². The number of aromatic nitrogens is 4. The second-order valence-corrected chi connectivity index (χ2v) is 16.7. The maximum absolute atomic E-state index is 13.8. The second-order valence-electron chi connectivity index (χ2n) is 16.7. The van der Waals surface area contributed by atoms with Gasteiger partial charge in [0.15, 0.2) is 0 Å². The summed E-state index contributed by atoms with van der Waals surface area (Å²) in [5.41, 5.74) is 9.75. The molecule has 0 saturated carbocycles. The molecule has 0 aliphatic heterocycles. The Hall–Kier alpha value is -6.70. The number of methoxy groups -OCH3 is 2. The molecule has 4 N–H and O–H groups in total. The molecule has 2 aromatic heterocycles.